The monoisotopic (exact) mass is 803 g/mol. The average Bonchev–Trinajstić information content (AvgIpc) is 3.70. The molecule has 294 valence electrons. The van der Waals surface area contributed by atoms with E-state index in [0.29, 0.717) is 23.0 Å². The third kappa shape index (κ3) is 7.02. The minimum atomic E-state index is 0.566. The molecule has 0 aliphatic rings. The highest BCUT2D eigenvalue weighted by molar-refractivity contribution is 6.11. The fourth-order valence-corrected chi connectivity index (χ4v) is 8.61. The van der Waals surface area contributed by atoms with E-state index in [2.05, 4.69) is 199 Å². The van der Waals surface area contributed by atoms with E-state index in [-0.39, 0.29) is 0 Å². The van der Waals surface area contributed by atoms with Crippen molar-refractivity contribution < 1.29 is 0 Å². The van der Waals surface area contributed by atoms with Crippen LogP contribution in [0.5, 0.6) is 0 Å². The highest BCUT2D eigenvalue weighted by Gasteiger charge is 2.23. The standard InChI is InChI=1S/C58H37N5/c59-38-39-25-34-54-52(35-39)49-23-13-14-24-53(49)63(54)55-50(44-19-9-3-10-20-44)36-48(37-51(55)45-21-11-4-12-22-45)58-61-56(46-30-26-42(27-31-46)40-15-5-1-6-16-40)60-57(62-58)47-32-28-43(29-33-47)41-17-7-2-8-18-41/h1-37H. The molecule has 9 aromatic carbocycles. The highest BCUT2D eigenvalue weighted by atomic mass is 15.0. The van der Waals surface area contributed by atoms with Gasteiger partial charge in [0.25, 0.3) is 0 Å². The summed E-state index contributed by atoms with van der Waals surface area (Å²) >= 11 is 0. The Labute approximate surface area is 365 Å². The second-order valence-electron chi connectivity index (χ2n) is 15.5. The average molecular weight is 804 g/mol. The Bertz CT molecular complexity index is 3300. The van der Waals surface area contributed by atoms with E-state index in [9.17, 15) is 5.26 Å². The number of hydrogen-bond donors (Lipinski definition) is 0. The molecular formula is C58H37N5. The smallest absolute Gasteiger partial charge is 0.164 e. The zero-order valence-electron chi connectivity index (χ0n) is 34.1. The molecule has 0 spiro atoms. The Morgan fingerprint density at radius 1 is 0.317 bits per heavy atom. The summed E-state index contributed by atoms with van der Waals surface area (Å²) in [5.41, 5.74) is 15.0. The minimum Gasteiger partial charge on any atom is -0.308 e. The van der Waals surface area contributed by atoms with Crippen molar-refractivity contribution in [3.8, 4) is 90.4 Å². The molecule has 0 saturated carbocycles. The quantitative estimate of drug-likeness (QED) is 0.153. The second-order valence-corrected chi connectivity index (χ2v) is 15.5. The van der Waals surface area contributed by atoms with Crippen LogP contribution in [0.1, 0.15) is 5.56 Å². The normalized spacial score (nSPS) is 11.2. The Morgan fingerprint density at radius 2 is 0.698 bits per heavy atom. The molecule has 0 radical (unpaired) electrons. The lowest BCUT2D eigenvalue weighted by atomic mass is 9.92. The van der Waals surface area contributed by atoms with Gasteiger partial charge in [-0.2, -0.15) is 5.26 Å². The van der Waals surface area contributed by atoms with Crippen LogP contribution in [0.3, 0.4) is 0 Å². The number of rotatable bonds is 8. The van der Waals surface area contributed by atoms with Crippen LogP contribution in [0.15, 0.2) is 224 Å². The number of para-hydroxylation sites is 1. The van der Waals surface area contributed by atoms with Crippen molar-refractivity contribution in [2.24, 2.45) is 0 Å². The van der Waals surface area contributed by atoms with Crippen molar-refractivity contribution in [3.63, 3.8) is 0 Å². The number of aromatic nitrogens is 4. The summed E-state index contributed by atoms with van der Waals surface area (Å²) < 4.78 is 2.35. The SMILES string of the molecule is N#Cc1ccc2c(c1)c1ccccc1n2-c1c(-c2ccccc2)cc(-c2nc(-c3ccc(-c4ccccc4)cc3)nc(-c3ccc(-c4ccccc4)cc3)n2)cc1-c1ccccc1. The van der Waals surface area contributed by atoms with Gasteiger partial charge in [-0.25, -0.2) is 15.0 Å². The van der Waals surface area contributed by atoms with Crippen molar-refractivity contribution in [1.29, 1.82) is 5.26 Å². The Balaban J connectivity index is 1.17. The van der Waals surface area contributed by atoms with Crippen LogP contribution in [-0.4, -0.2) is 19.5 Å². The number of hydrogen-bond acceptors (Lipinski definition) is 4. The molecule has 5 nitrogen and oxygen atoms in total. The first-order valence-electron chi connectivity index (χ1n) is 21.0. The zero-order valence-corrected chi connectivity index (χ0v) is 34.1. The molecule has 11 rings (SSSR count). The maximum atomic E-state index is 9.95. The third-order valence-electron chi connectivity index (χ3n) is 11.7. The van der Waals surface area contributed by atoms with Gasteiger partial charge in [0.05, 0.1) is 28.4 Å². The van der Waals surface area contributed by atoms with Gasteiger partial charge in [0.15, 0.2) is 17.5 Å². The van der Waals surface area contributed by atoms with Crippen molar-refractivity contribution in [2.45, 2.75) is 0 Å². The molecule has 2 aromatic heterocycles. The molecular weight excluding hydrogens is 767 g/mol. The topological polar surface area (TPSA) is 67.4 Å². The zero-order chi connectivity index (χ0) is 42.1. The van der Waals surface area contributed by atoms with Crippen LogP contribution in [0.2, 0.25) is 0 Å². The molecule has 0 unspecified atom stereocenters. The van der Waals surface area contributed by atoms with Gasteiger partial charge in [-0.15, -0.1) is 0 Å². The third-order valence-corrected chi connectivity index (χ3v) is 11.7. The first kappa shape index (κ1) is 37.3. The number of fused-ring (bicyclic) bond motifs is 3. The molecule has 0 N–H and O–H groups in total. The molecule has 0 aliphatic carbocycles. The van der Waals surface area contributed by atoms with Crippen molar-refractivity contribution in [3.05, 3.63) is 230 Å². The van der Waals surface area contributed by atoms with Crippen LogP contribution in [0, 0.1) is 11.3 Å². The lowest BCUT2D eigenvalue weighted by molar-refractivity contribution is 1.07. The predicted octanol–water partition coefficient (Wildman–Crippen LogP) is 14.5. The fourth-order valence-electron chi connectivity index (χ4n) is 8.61. The summed E-state index contributed by atoms with van der Waals surface area (Å²) in [7, 11) is 0. The molecule has 11 aromatic rings. The first-order valence-corrected chi connectivity index (χ1v) is 21.0. The predicted molar refractivity (Wildman–Crippen MR) is 257 cm³/mol. The summed E-state index contributed by atoms with van der Waals surface area (Å²) in [5, 5.41) is 12.0. The van der Waals surface area contributed by atoms with E-state index in [0.717, 1.165) is 88.7 Å². The van der Waals surface area contributed by atoms with Crippen molar-refractivity contribution >= 4 is 21.8 Å². The highest BCUT2D eigenvalue weighted by Crippen LogP contribution is 2.44. The molecule has 0 saturated heterocycles. The molecule has 2 heterocycles. The molecule has 5 heteroatoms. The molecule has 0 atom stereocenters. The summed E-state index contributed by atoms with van der Waals surface area (Å²) in [4.78, 5) is 15.7. The largest absolute Gasteiger partial charge is 0.308 e. The summed E-state index contributed by atoms with van der Waals surface area (Å²) in [6.07, 6.45) is 0. The molecule has 0 aliphatic heterocycles. The maximum Gasteiger partial charge on any atom is 0.164 e. The summed E-state index contributed by atoms with van der Waals surface area (Å²) in [6, 6.07) is 79.9. The van der Waals surface area contributed by atoms with Gasteiger partial charge in [0.2, 0.25) is 0 Å². The summed E-state index contributed by atoms with van der Waals surface area (Å²) in [5.74, 6) is 1.74. The van der Waals surface area contributed by atoms with Gasteiger partial charge in [-0.3, -0.25) is 0 Å². The van der Waals surface area contributed by atoms with Crippen LogP contribution < -0.4 is 0 Å². The van der Waals surface area contributed by atoms with Crippen LogP contribution in [-0.2, 0) is 0 Å². The molecule has 0 amide bonds. The summed E-state index contributed by atoms with van der Waals surface area (Å²) in [6.45, 7) is 0. The van der Waals surface area contributed by atoms with Gasteiger partial charge >= 0.3 is 0 Å². The Kier molecular flexibility index (Phi) is 9.50. The Morgan fingerprint density at radius 3 is 1.17 bits per heavy atom. The van der Waals surface area contributed by atoms with Crippen LogP contribution >= 0.6 is 0 Å². The molecule has 63 heavy (non-hydrogen) atoms. The minimum absolute atomic E-state index is 0.566. The van der Waals surface area contributed by atoms with Gasteiger partial charge in [-0.1, -0.05) is 188 Å². The van der Waals surface area contributed by atoms with Crippen molar-refractivity contribution in [2.75, 3.05) is 0 Å². The molecule has 0 bridgehead atoms. The van der Waals surface area contributed by atoms with Crippen LogP contribution in [0.4, 0.5) is 0 Å². The van der Waals surface area contributed by atoms with E-state index < -0.39 is 0 Å². The van der Waals surface area contributed by atoms with Gasteiger partial charge in [0.1, 0.15) is 0 Å². The number of benzene rings is 9. The van der Waals surface area contributed by atoms with Gasteiger partial charge in [-0.05, 0) is 69.8 Å². The number of nitriles is 1. The fraction of sp³-hybridized carbons (Fsp3) is 0. The van der Waals surface area contributed by atoms with Gasteiger partial charge < -0.3 is 4.57 Å². The lowest BCUT2D eigenvalue weighted by Gasteiger charge is -2.21. The second kappa shape index (κ2) is 16.0. The number of nitrogens with zero attached hydrogens (tertiary/aromatic N) is 5. The van der Waals surface area contributed by atoms with Crippen LogP contribution in [0.25, 0.3) is 106 Å². The van der Waals surface area contributed by atoms with E-state index in [1.807, 2.05) is 36.4 Å². The van der Waals surface area contributed by atoms with E-state index >= 15 is 0 Å². The van der Waals surface area contributed by atoms with Crippen molar-refractivity contribution in [1.82, 2.24) is 19.5 Å². The van der Waals surface area contributed by atoms with E-state index in [4.69, 9.17) is 15.0 Å². The van der Waals surface area contributed by atoms with E-state index in [1.54, 1.807) is 0 Å². The first-order chi connectivity index (χ1) is 31.2. The lowest BCUT2D eigenvalue weighted by Crippen LogP contribution is -2.04. The van der Waals surface area contributed by atoms with E-state index in [1.165, 1.54) is 0 Å². The Hall–Kier alpha value is -8.72. The molecule has 0 fully saturated rings. The van der Waals surface area contributed by atoms with Gasteiger partial charge in [0, 0.05) is 38.6 Å². The maximum absolute atomic E-state index is 9.95.